The molecule has 4 aromatic rings. The normalized spacial score (nSPS) is 18.1. The second kappa shape index (κ2) is 7.88. The summed E-state index contributed by atoms with van der Waals surface area (Å²) in [5.41, 5.74) is 2.37. The van der Waals surface area contributed by atoms with E-state index in [1.54, 1.807) is 0 Å². The Labute approximate surface area is 181 Å². The molecule has 4 heteroatoms. The molecule has 0 bridgehead atoms. The van der Waals surface area contributed by atoms with E-state index in [1.165, 1.54) is 32.7 Å². The van der Waals surface area contributed by atoms with Crippen molar-refractivity contribution in [2.45, 2.75) is 18.6 Å². The molecule has 156 valence electrons. The third kappa shape index (κ3) is 3.73. The zero-order chi connectivity index (χ0) is 20.6. The fourth-order valence-corrected chi connectivity index (χ4v) is 4.23. The fraction of sp³-hybridized carbons (Fsp3) is 0.259. The van der Waals surface area contributed by atoms with E-state index < -0.39 is 0 Å². The lowest BCUT2D eigenvalue weighted by Crippen LogP contribution is -2.38. The maximum Gasteiger partial charge on any atom is 0.145 e. The minimum atomic E-state index is 0.121. The van der Waals surface area contributed by atoms with Gasteiger partial charge < -0.3 is 18.9 Å². The molecular formula is C27H24O4. The van der Waals surface area contributed by atoms with Crippen molar-refractivity contribution in [3.8, 4) is 11.5 Å². The highest BCUT2D eigenvalue weighted by molar-refractivity contribution is 5.91. The molecule has 0 amide bonds. The maximum atomic E-state index is 6.34. The van der Waals surface area contributed by atoms with E-state index in [4.69, 9.17) is 18.9 Å². The summed E-state index contributed by atoms with van der Waals surface area (Å²) in [4.78, 5) is 0. The van der Waals surface area contributed by atoms with Gasteiger partial charge in [0, 0.05) is 17.5 Å². The zero-order valence-electron chi connectivity index (χ0n) is 17.3. The lowest BCUT2D eigenvalue weighted by molar-refractivity contribution is -0.0799. The SMILES string of the molecule is c1ccc2c(Cc3c(OC4COC4)ccc4ccccc34)c(OCC3CO3)ccc2c1. The highest BCUT2D eigenvalue weighted by Gasteiger charge is 2.25. The van der Waals surface area contributed by atoms with Crippen molar-refractivity contribution < 1.29 is 18.9 Å². The maximum absolute atomic E-state index is 6.34. The van der Waals surface area contributed by atoms with Gasteiger partial charge in [-0.25, -0.2) is 0 Å². The molecule has 0 aliphatic carbocycles. The summed E-state index contributed by atoms with van der Waals surface area (Å²) in [6.07, 6.45) is 1.07. The van der Waals surface area contributed by atoms with Crippen LogP contribution in [0.5, 0.6) is 11.5 Å². The van der Waals surface area contributed by atoms with Crippen LogP contribution >= 0.6 is 0 Å². The van der Waals surface area contributed by atoms with E-state index in [-0.39, 0.29) is 12.2 Å². The van der Waals surface area contributed by atoms with Crippen molar-refractivity contribution in [3.63, 3.8) is 0 Å². The molecule has 4 nitrogen and oxygen atoms in total. The van der Waals surface area contributed by atoms with Crippen molar-refractivity contribution in [2.24, 2.45) is 0 Å². The van der Waals surface area contributed by atoms with Gasteiger partial charge in [0.05, 0.1) is 19.8 Å². The molecule has 0 saturated carbocycles. The molecule has 2 aliphatic rings. The molecule has 2 saturated heterocycles. The number of fused-ring (bicyclic) bond motifs is 2. The summed E-state index contributed by atoms with van der Waals surface area (Å²) >= 11 is 0. The van der Waals surface area contributed by atoms with Gasteiger partial charge in [-0.05, 0) is 33.7 Å². The molecule has 2 aliphatic heterocycles. The second-order valence-corrected chi connectivity index (χ2v) is 8.25. The number of epoxide rings is 1. The van der Waals surface area contributed by atoms with Crippen LogP contribution in [0, 0.1) is 0 Å². The first-order valence-corrected chi connectivity index (χ1v) is 10.9. The van der Waals surface area contributed by atoms with Gasteiger partial charge in [-0.2, -0.15) is 0 Å². The first-order chi connectivity index (χ1) is 15.3. The molecule has 0 N–H and O–H groups in total. The molecule has 1 unspecified atom stereocenters. The summed E-state index contributed by atoms with van der Waals surface area (Å²) in [6, 6.07) is 25.5. The van der Waals surface area contributed by atoms with Gasteiger partial charge in [-0.3, -0.25) is 0 Å². The van der Waals surface area contributed by atoms with E-state index in [2.05, 4.69) is 72.8 Å². The summed E-state index contributed by atoms with van der Waals surface area (Å²) in [6.45, 7) is 2.67. The molecule has 0 spiro atoms. The number of ether oxygens (including phenoxy) is 4. The Bertz CT molecular complexity index is 1240. The largest absolute Gasteiger partial charge is 0.490 e. The number of hydrogen-bond donors (Lipinski definition) is 0. The smallest absolute Gasteiger partial charge is 0.145 e. The Hall–Kier alpha value is -3.08. The molecule has 31 heavy (non-hydrogen) atoms. The molecule has 2 fully saturated rings. The number of rotatable bonds is 7. The van der Waals surface area contributed by atoms with Crippen molar-refractivity contribution in [1.82, 2.24) is 0 Å². The quantitative estimate of drug-likeness (QED) is 0.394. The number of hydrogen-bond acceptors (Lipinski definition) is 4. The monoisotopic (exact) mass is 412 g/mol. The predicted molar refractivity (Wildman–Crippen MR) is 121 cm³/mol. The van der Waals surface area contributed by atoms with Crippen LogP contribution in [0.15, 0.2) is 72.8 Å². The summed E-state index contributed by atoms with van der Waals surface area (Å²) in [7, 11) is 0. The molecule has 4 aromatic carbocycles. The van der Waals surface area contributed by atoms with Gasteiger partial charge in [0.15, 0.2) is 0 Å². The van der Waals surface area contributed by atoms with Gasteiger partial charge in [0.2, 0.25) is 0 Å². The minimum Gasteiger partial charge on any atom is -0.490 e. The van der Waals surface area contributed by atoms with E-state index in [0.717, 1.165) is 24.5 Å². The second-order valence-electron chi connectivity index (χ2n) is 8.25. The van der Waals surface area contributed by atoms with E-state index in [0.29, 0.717) is 19.8 Å². The van der Waals surface area contributed by atoms with Crippen LogP contribution in [0.3, 0.4) is 0 Å². The topological polar surface area (TPSA) is 40.2 Å². The third-order valence-electron chi connectivity index (χ3n) is 6.08. The van der Waals surface area contributed by atoms with Crippen molar-refractivity contribution >= 4 is 21.5 Å². The Balaban J connectivity index is 1.47. The molecule has 2 heterocycles. The van der Waals surface area contributed by atoms with Crippen LogP contribution in [-0.2, 0) is 15.9 Å². The molecule has 0 radical (unpaired) electrons. The van der Waals surface area contributed by atoms with E-state index in [9.17, 15) is 0 Å². The molecular weight excluding hydrogens is 388 g/mol. The average Bonchev–Trinajstić information content (AvgIpc) is 3.61. The van der Waals surface area contributed by atoms with Crippen LogP contribution in [0.4, 0.5) is 0 Å². The van der Waals surface area contributed by atoms with Crippen molar-refractivity contribution in [3.05, 3.63) is 83.9 Å². The summed E-state index contributed by atoms with van der Waals surface area (Å²) < 4.78 is 23.2. The lowest BCUT2D eigenvalue weighted by atomic mass is 9.93. The van der Waals surface area contributed by atoms with Gasteiger partial charge in [0.1, 0.15) is 30.3 Å². The first kappa shape index (κ1) is 18.7. The van der Waals surface area contributed by atoms with Gasteiger partial charge in [-0.1, -0.05) is 60.7 Å². The predicted octanol–water partition coefficient (Wildman–Crippen LogP) is 5.14. The molecule has 1 atom stereocenters. The average molecular weight is 412 g/mol. The van der Waals surface area contributed by atoms with E-state index in [1.807, 2.05) is 0 Å². The highest BCUT2D eigenvalue weighted by Crippen LogP contribution is 2.37. The third-order valence-corrected chi connectivity index (χ3v) is 6.08. The summed E-state index contributed by atoms with van der Waals surface area (Å²) in [5.74, 6) is 1.84. The number of benzene rings is 4. The van der Waals surface area contributed by atoms with Gasteiger partial charge >= 0.3 is 0 Å². The Kier molecular flexibility index (Phi) is 4.74. The standard InChI is InChI=1S/C27H24O4/c1-3-7-22-18(5-1)9-11-26(30-17-20-16-29-20)24(22)13-25-23-8-4-2-6-19(23)10-12-27(25)31-21-14-28-15-21/h1-12,20-21H,13-17H2. The Morgan fingerprint density at radius 1 is 0.710 bits per heavy atom. The van der Waals surface area contributed by atoms with Crippen LogP contribution in [0.2, 0.25) is 0 Å². The van der Waals surface area contributed by atoms with Gasteiger partial charge in [0.25, 0.3) is 0 Å². The van der Waals surface area contributed by atoms with E-state index >= 15 is 0 Å². The summed E-state index contributed by atoms with van der Waals surface area (Å²) in [5, 5.41) is 4.85. The molecule has 6 rings (SSSR count). The Morgan fingerprint density at radius 3 is 1.94 bits per heavy atom. The Morgan fingerprint density at radius 2 is 1.32 bits per heavy atom. The minimum absolute atomic E-state index is 0.121. The van der Waals surface area contributed by atoms with Crippen LogP contribution in [0.25, 0.3) is 21.5 Å². The molecule has 0 aromatic heterocycles. The zero-order valence-corrected chi connectivity index (χ0v) is 17.3. The van der Waals surface area contributed by atoms with Gasteiger partial charge in [-0.15, -0.1) is 0 Å². The van der Waals surface area contributed by atoms with Crippen LogP contribution in [-0.4, -0.2) is 38.6 Å². The highest BCUT2D eigenvalue weighted by atomic mass is 16.6. The van der Waals surface area contributed by atoms with Crippen molar-refractivity contribution in [2.75, 3.05) is 26.4 Å². The van der Waals surface area contributed by atoms with Crippen LogP contribution < -0.4 is 9.47 Å². The van der Waals surface area contributed by atoms with Crippen LogP contribution in [0.1, 0.15) is 11.1 Å². The first-order valence-electron chi connectivity index (χ1n) is 10.9. The fourth-order valence-electron chi connectivity index (χ4n) is 4.23. The lowest BCUT2D eigenvalue weighted by Gasteiger charge is -2.28. The van der Waals surface area contributed by atoms with Crippen molar-refractivity contribution in [1.29, 1.82) is 0 Å².